The van der Waals surface area contributed by atoms with E-state index in [4.69, 9.17) is 11.5 Å². The van der Waals surface area contributed by atoms with Crippen LogP contribution in [0.3, 0.4) is 0 Å². The molecule has 0 fully saturated rings. The normalized spacial score (nSPS) is 10.6. The molecule has 1 amide bonds. The van der Waals surface area contributed by atoms with Gasteiger partial charge in [0.05, 0.1) is 10.6 Å². The molecule has 72 valence electrons. The Labute approximate surface area is 83.8 Å². The molecule has 5 nitrogen and oxygen atoms in total. The van der Waals surface area contributed by atoms with Gasteiger partial charge in [-0.3, -0.25) is 4.79 Å². The number of hydrogen-bond donors (Lipinski definition) is 2. The molecule has 2 aromatic rings. The molecule has 0 unspecified atom stereocenters. The molecule has 0 saturated carbocycles. The van der Waals surface area contributed by atoms with Crippen LogP contribution in [0.2, 0.25) is 0 Å². The van der Waals surface area contributed by atoms with Gasteiger partial charge in [-0.05, 0) is 13.0 Å². The van der Waals surface area contributed by atoms with Crippen molar-refractivity contribution in [3.63, 3.8) is 0 Å². The lowest BCUT2D eigenvalue weighted by atomic mass is 10.4. The second-order valence-corrected chi connectivity index (χ2v) is 3.89. The van der Waals surface area contributed by atoms with Crippen molar-refractivity contribution in [2.75, 3.05) is 5.73 Å². The first-order valence-corrected chi connectivity index (χ1v) is 4.73. The molecule has 0 atom stereocenters. The lowest BCUT2D eigenvalue weighted by Gasteiger charge is -1.95. The average Bonchev–Trinajstić information content (AvgIpc) is 2.48. The summed E-state index contributed by atoms with van der Waals surface area (Å²) in [6.45, 7) is 1.77. The largest absolute Gasteiger partial charge is 0.382 e. The Bertz CT molecular complexity index is 480. The highest BCUT2D eigenvalue weighted by atomic mass is 32.1. The molecule has 6 heteroatoms. The van der Waals surface area contributed by atoms with Gasteiger partial charge in [0.2, 0.25) is 0 Å². The standard InChI is InChI=1S/C8H8N4OS/c1-3-6(9)12-4-2-5(7(10)13)14-8(4)11-3/h2H,1H3,(H2,9,12)(H2,10,13). The van der Waals surface area contributed by atoms with Gasteiger partial charge in [0.15, 0.2) is 0 Å². The predicted octanol–water partition coefficient (Wildman–Crippen LogP) is 0.681. The zero-order valence-corrected chi connectivity index (χ0v) is 8.26. The molecule has 0 aliphatic heterocycles. The van der Waals surface area contributed by atoms with Crippen molar-refractivity contribution in [3.8, 4) is 0 Å². The number of nitrogens with zero attached hydrogens (tertiary/aromatic N) is 2. The molecule has 0 aromatic carbocycles. The molecule has 0 saturated heterocycles. The van der Waals surface area contributed by atoms with E-state index in [-0.39, 0.29) is 0 Å². The number of thiophene rings is 1. The number of rotatable bonds is 1. The summed E-state index contributed by atoms with van der Waals surface area (Å²) in [5, 5.41) is 0. The minimum Gasteiger partial charge on any atom is -0.382 e. The first-order valence-electron chi connectivity index (χ1n) is 3.91. The summed E-state index contributed by atoms with van der Waals surface area (Å²) in [5.74, 6) is -0.0858. The maximum Gasteiger partial charge on any atom is 0.258 e. The van der Waals surface area contributed by atoms with Gasteiger partial charge in [-0.2, -0.15) is 0 Å². The fourth-order valence-electron chi connectivity index (χ4n) is 1.07. The minimum absolute atomic E-state index is 0.381. The minimum atomic E-state index is -0.467. The number of primary amides is 1. The Balaban J connectivity index is 2.72. The number of amides is 1. The van der Waals surface area contributed by atoms with E-state index in [1.54, 1.807) is 13.0 Å². The summed E-state index contributed by atoms with van der Waals surface area (Å²) in [6, 6.07) is 1.60. The smallest absolute Gasteiger partial charge is 0.258 e. The first-order chi connectivity index (χ1) is 6.58. The molecule has 4 N–H and O–H groups in total. The zero-order valence-electron chi connectivity index (χ0n) is 7.44. The number of nitrogens with two attached hydrogens (primary N) is 2. The molecule has 0 aliphatic rings. The maximum atomic E-state index is 10.9. The molecule has 0 radical (unpaired) electrons. The summed E-state index contributed by atoms with van der Waals surface area (Å²) in [7, 11) is 0. The van der Waals surface area contributed by atoms with E-state index in [1.165, 1.54) is 11.3 Å². The Hall–Kier alpha value is -1.69. The van der Waals surface area contributed by atoms with E-state index in [9.17, 15) is 4.79 Å². The highest BCUT2D eigenvalue weighted by molar-refractivity contribution is 7.20. The number of hydrogen-bond acceptors (Lipinski definition) is 5. The van der Waals surface area contributed by atoms with Crippen LogP contribution >= 0.6 is 11.3 Å². The monoisotopic (exact) mass is 208 g/mol. The number of carbonyl (C=O) groups is 1. The summed E-state index contributed by atoms with van der Waals surface area (Å²) in [5.41, 5.74) is 12.0. The topological polar surface area (TPSA) is 94.9 Å². The lowest BCUT2D eigenvalue weighted by molar-refractivity contribution is 0.100. The van der Waals surface area contributed by atoms with Gasteiger partial charge in [0, 0.05) is 0 Å². The molecular formula is C8H8N4OS. The van der Waals surface area contributed by atoms with Crippen molar-refractivity contribution in [1.29, 1.82) is 0 Å². The molecular weight excluding hydrogens is 200 g/mol. The van der Waals surface area contributed by atoms with Gasteiger partial charge in [-0.25, -0.2) is 9.97 Å². The fraction of sp³-hybridized carbons (Fsp3) is 0.125. The Kier molecular flexibility index (Phi) is 1.85. The highest BCUT2D eigenvalue weighted by Gasteiger charge is 2.10. The van der Waals surface area contributed by atoms with Crippen LogP contribution in [-0.4, -0.2) is 15.9 Å². The zero-order chi connectivity index (χ0) is 10.3. The van der Waals surface area contributed by atoms with E-state index < -0.39 is 5.91 Å². The second-order valence-electron chi connectivity index (χ2n) is 2.86. The Morgan fingerprint density at radius 3 is 2.86 bits per heavy atom. The average molecular weight is 208 g/mol. The third kappa shape index (κ3) is 1.29. The molecule has 0 bridgehead atoms. The summed E-state index contributed by atoms with van der Waals surface area (Å²) in [4.78, 5) is 20.3. The fourth-order valence-corrected chi connectivity index (χ4v) is 1.94. The van der Waals surface area contributed by atoms with Crippen molar-refractivity contribution in [1.82, 2.24) is 9.97 Å². The summed E-state index contributed by atoms with van der Waals surface area (Å²) in [6.07, 6.45) is 0. The van der Waals surface area contributed by atoms with Gasteiger partial charge in [-0.15, -0.1) is 11.3 Å². The van der Waals surface area contributed by atoms with E-state index in [2.05, 4.69) is 9.97 Å². The van der Waals surface area contributed by atoms with Gasteiger partial charge in [0.1, 0.15) is 16.2 Å². The third-order valence-corrected chi connectivity index (χ3v) is 2.85. The van der Waals surface area contributed by atoms with Crippen LogP contribution < -0.4 is 11.5 Å². The number of aryl methyl sites for hydroxylation is 1. The van der Waals surface area contributed by atoms with Crippen molar-refractivity contribution in [2.45, 2.75) is 6.92 Å². The predicted molar refractivity (Wildman–Crippen MR) is 55.1 cm³/mol. The van der Waals surface area contributed by atoms with Crippen LogP contribution in [0.5, 0.6) is 0 Å². The van der Waals surface area contributed by atoms with Crippen molar-refractivity contribution < 1.29 is 4.79 Å². The van der Waals surface area contributed by atoms with E-state index in [1.807, 2.05) is 0 Å². The number of aromatic nitrogens is 2. The summed E-state index contributed by atoms with van der Waals surface area (Å²) < 4.78 is 0. The molecule has 0 spiro atoms. The maximum absolute atomic E-state index is 10.9. The van der Waals surface area contributed by atoms with Crippen molar-refractivity contribution >= 4 is 33.4 Å². The lowest BCUT2D eigenvalue weighted by Crippen LogP contribution is -2.08. The number of nitrogen functional groups attached to an aromatic ring is 1. The highest BCUT2D eigenvalue weighted by Crippen LogP contribution is 2.23. The van der Waals surface area contributed by atoms with Crippen LogP contribution in [0, 0.1) is 6.92 Å². The van der Waals surface area contributed by atoms with Crippen molar-refractivity contribution in [3.05, 3.63) is 16.6 Å². The number of carbonyl (C=O) groups excluding carboxylic acids is 1. The molecule has 2 heterocycles. The summed E-state index contributed by atoms with van der Waals surface area (Å²) >= 11 is 1.22. The SMILES string of the molecule is Cc1nc2sc(C(N)=O)cc2nc1N. The second kappa shape index (κ2) is 2.91. The van der Waals surface area contributed by atoms with Crippen LogP contribution in [-0.2, 0) is 0 Å². The van der Waals surface area contributed by atoms with E-state index in [0.29, 0.717) is 26.7 Å². The van der Waals surface area contributed by atoms with Gasteiger partial charge < -0.3 is 11.5 Å². The van der Waals surface area contributed by atoms with E-state index >= 15 is 0 Å². The van der Waals surface area contributed by atoms with Crippen LogP contribution in [0.15, 0.2) is 6.07 Å². The molecule has 2 aromatic heterocycles. The van der Waals surface area contributed by atoms with Gasteiger partial charge >= 0.3 is 0 Å². The molecule has 2 rings (SSSR count). The Morgan fingerprint density at radius 1 is 1.50 bits per heavy atom. The van der Waals surface area contributed by atoms with Crippen LogP contribution in [0.4, 0.5) is 5.82 Å². The van der Waals surface area contributed by atoms with Crippen LogP contribution in [0.25, 0.3) is 10.3 Å². The number of fused-ring (bicyclic) bond motifs is 1. The third-order valence-electron chi connectivity index (χ3n) is 1.82. The number of anilines is 1. The molecule has 0 aliphatic carbocycles. The van der Waals surface area contributed by atoms with E-state index in [0.717, 1.165) is 0 Å². The first kappa shape index (κ1) is 8.89. The van der Waals surface area contributed by atoms with Gasteiger partial charge in [0.25, 0.3) is 5.91 Å². The molecule has 14 heavy (non-hydrogen) atoms. The van der Waals surface area contributed by atoms with Crippen molar-refractivity contribution in [2.24, 2.45) is 5.73 Å². The van der Waals surface area contributed by atoms with Gasteiger partial charge in [-0.1, -0.05) is 0 Å². The Morgan fingerprint density at radius 2 is 2.21 bits per heavy atom. The van der Waals surface area contributed by atoms with Crippen LogP contribution in [0.1, 0.15) is 15.4 Å². The quantitative estimate of drug-likeness (QED) is 0.720.